The van der Waals surface area contributed by atoms with E-state index in [9.17, 15) is 9.59 Å². The van der Waals surface area contributed by atoms with Crippen molar-refractivity contribution in [3.05, 3.63) is 35.0 Å². The number of likely N-dealkylation sites (tertiary alicyclic amines) is 1. The lowest BCUT2D eigenvalue weighted by molar-refractivity contribution is -0.117. The predicted octanol–water partition coefficient (Wildman–Crippen LogP) is 2.86. The molecule has 36 heavy (non-hydrogen) atoms. The van der Waals surface area contributed by atoms with Gasteiger partial charge in [-0.15, -0.1) is 11.3 Å². The molecule has 7 heterocycles. The molecule has 0 spiro atoms. The normalized spacial score (nSPS) is 16.4. The number of nitrogens with zero attached hydrogens (tertiary/aromatic N) is 6. The number of fused-ring (bicyclic) bond motifs is 6. The van der Waals surface area contributed by atoms with Crippen LogP contribution in [0.25, 0.3) is 37.2 Å². The minimum atomic E-state index is -0.243. The maximum Gasteiger partial charge on any atom is 0.261 e. The van der Waals surface area contributed by atoms with E-state index in [1.807, 2.05) is 10.9 Å². The zero-order chi connectivity index (χ0) is 24.2. The van der Waals surface area contributed by atoms with Crippen LogP contribution in [0, 0.1) is 0 Å². The number of hydrogen-bond donors (Lipinski definition) is 2. The minimum Gasteiger partial charge on any atom is -0.477 e. The standard InChI is InChI=1S/C24H24N8O3S/c33-18(13-30-5-2-1-3-6-30)27-14-9-16-20(25-10-14)21-19(22(34)28-16)24-32(29-21)12-17(36-24)15-11-26-31-7-4-8-35-23(15)31/h9-12H,1-8,13H2,(H,27,33)(H,28,34). The fourth-order valence-electron chi connectivity index (χ4n) is 5.10. The molecule has 0 aliphatic carbocycles. The summed E-state index contributed by atoms with van der Waals surface area (Å²) >= 11 is 1.47. The smallest absolute Gasteiger partial charge is 0.261 e. The van der Waals surface area contributed by atoms with Crippen LogP contribution in [-0.2, 0) is 11.3 Å². The zero-order valence-corrected chi connectivity index (χ0v) is 20.3. The second-order valence-electron chi connectivity index (χ2n) is 9.32. The Hall–Kier alpha value is -3.77. The lowest BCUT2D eigenvalue weighted by atomic mass is 10.1. The van der Waals surface area contributed by atoms with Gasteiger partial charge in [-0.05, 0) is 32.0 Å². The third kappa shape index (κ3) is 3.56. The van der Waals surface area contributed by atoms with Gasteiger partial charge in [0.25, 0.3) is 5.56 Å². The quantitative estimate of drug-likeness (QED) is 0.386. The highest BCUT2D eigenvalue weighted by molar-refractivity contribution is 7.21. The highest BCUT2D eigenvalue weighted by Gasteiger charge is 2.22. The van der Waals surface area contributed by atoms with Crippen LogP contribution in [0.15, 0.2) is 29.5 Å². The number of carbonyl (C=O) groups excluding carboxylic acids is 1. The molecule has 0 unspecified atom stereocenters. The molecule has 1 saturated heterocycles. The Labute approximate surface area is 208 Å². The third-order valence-electron chi connectivity index (χ3n) is 6.81. The van der Waals surface area contributed by atoms with Crippen LogP contribution in [0.1, 0.15) is 25.7 Å². The van der Waals surface area contributed by atoms with Crippen molar-refractivity contribution in [2.45, 2.75) is 32.2 Å². The van der Waals surface area contributed by atoms with Crippen LogP contribution in [0.2, 0.25) is 0 Å². The molecular weight excluding hydrogens is 480 g/mol. The summed E-state index contributed by atoms with van der Waals surface area (Å²) in [4.78, 5) is 37.0. The van der Waals surface area contributed by atoms with Crippen LogP contribution in [0.5, 0.6) is 5.88 Å². The fourth-order valence-corrected chi connectivity index (χ4v) is 6.19. The van der Waals surface area contributed by atoms with E-state index in [1.165, 1.54) is 17.8 Å². The van der Waals surface area contributed by atoms with Crippen LogP contribution < -0.4 is 15.6 Å². The van der Waals surface area contributed by atoms with Crippen molar-refractivity contribution in [3.8, 4) is 16.3 Å². The molecule has 5 aromatic rings. The summed E-state index contributed by atoms with van der Waals surface area (Å²) in [6.07, 6.45) is 9.73. The molecule has 0 saturated carbocycles. The highest BCUT2D eigenvalue weighted by atomic mass is 32.1. The summed E-state index contributed by atoms with van der Waals surface area (Å²) in [5.74, 6) is 0.675. The summed E-state index contributed by atoms with van der Waals surface area (Å²) < 4.78 is 9.43. The number of nitrogens with one attached hydrogen (secondary N) is 2. The third-order valence-corrected chi connectivity index (χ3v) is 7.94. The largest absolute Gasteiger partial charge is 0.477 e. The number of H-pyrrole nitrogens is 1. The van der Waals surface area contributed by atoms with Crippen LogP contribution in [0.4, 0.5) is 5.69 Å². The number of anilines is 1. The van der Waals surface area contributed by atoms with Gasteiger partial charge in [-0.2, -0.15) is 10.2 Å². The van der Waals surface area contributed by atoms with Gasteiger partial charge in [0.05, 0.1) is 47.2 Å². The predicted molar refractivity (Wildman–Crippen MR) is 137 cm³/mol. The average molecular weight is 505 g/mol. The Balaban J connectivity index is 1.22. The maximum atomic E-state index is 13.1. The molecule has 1 fully saturated rings. The van der Waals surface area contributed by atoms with Gasteiger partial charge in [0.2, 0.25) is 11.8 Å². The SMILES string of the molecule is O=C(CN1CCCCC1)Nc1cnc2c(c1)[nH]c(=O)c1c2nn2cc(-c3cnn4c3OCCC4)sc12. The van der Waals surface area contributed by atoms with Gasteiger partial charge in [0.1, 0.15) is 21.3 Å². The van der Waals surface area contributed by atoms with Gasteiger partial charge >= 0.3 is 0 Å². The first kappa shape index (κ1) is 21.5. The number of aryl methyl sites for hydroxylation is 1. The molecule has 7 rings (SSSR count). The number of aromatic amines is 1. The molecule has 12 heteroatoms. The van der Waals surface area contributed by atoms with E-state index >= 15 is 0 Å². The van der Waals surface area contributed by atoms with Gasteiger partial charge < -0.3 is 15.0 Å². The summed E-state index contributed by atoms with van der Waals surface area (Å²) in [5.41, 5.74) is 2.86. The second-order valence-corrected chi connectivity index (χ2v) is 10.3. The van der Waals surface area contributed by atoms with E-state index in [1.54, 1.807) is 23.0 Å². The molecule has 0 aromatic carbocycles. The zero-order valence-electron chi connectivity index (χ0n) is 19.5. The van der Waals surface area contributed by atoms with Crippen molar-refractivity contribution in [1.29, 1.82) is 0 Å². The highest BCUT2D eigenvalue weighted by Crippen LogP contribution is 2.38. The number of aromatic nitrogens is 6. The Kier molecular flexibility index (Phi) is 5.03. The van der Waals surface area contributed by atoms with Crippen molar-refractivity contribution >= 4 is 49.7 Å². The Morgan fingerprint density at radius 1 is 1.14 bits per heavy atom. The second kappa shape index (κ2) is 8.42. The number of carbonyl (C=O) groups is 1. The fraction of sp³-hybridized carbons (Fsp3) is 0.375. The number of ether oxygens (including phenoxy) is 1. The minimum absolute atomic E-state index is 0.0807. The number of rotatable bonds is 4. The van der Waals surface area contributed by atoms with Gasteiger partial charge in [-0.3, -0.25) is 19.5 Å². The Morgan fingerprint density at radius 3 is 2.92 bits per heavy atom. The Morgan fingerprint density at radius 2 is 2.03 bits per heavy atom. The van der Waals surface area contributed by atoms with E-state index < -0.39 is 0 Å². The van der Waals surface area contributed by atoms with E-state index in [4.69, 9.17) is 9.84 Å². The first-order chi connectivity index (χ1) is 17.6. The summed E-state index contributed by atoms with van der Waals surface area (Å²) in [7, 11) is 0. The van der Waals surface area contributed by atoms with Gasteiger partial charge in [-0.1, -0.05) is 6.42 Å². The molecular formula is C24H24N8O3S. The molecule has 0 bridgehead atoms. The van der Waals surface area contributed by atoms with Crippen LogP contribution in [0.3, 0.4) is 0 Å². The van der Waals surface area contributed by atoms with Crippen molar-refractivity contribution < 1.29 is 9.53 Å². The molecule has 11 nitrogen and oxygen atoms in total. The number of thiazole rings is 1. The van der Waals surface area contributed by atoms with E-state index in [-0.39, 0.29) is 11.5 Å². The molecule has 0 radical (unpaired) electrons. The molecule has 2 N–H and O–H groups in total. The van der Waals surface area contributed by atoms with E-state index in [0.717, 1.165) is 60.0 Å². The maximum absolute atomic E-state index is 13.1. The number of hydrogen-bond acceptors (Lipinski definition) is 8. The number of piperidine rings is 1. The lowest BCUT2D eigenvalue weighted by Crippen LogP contribution is -2.36. The lowest BCUT2D eigenvalue weighted by Gasteiger charge is -2.25. The van der Waals surface area contributed by atoms with E-state index in [2.05, 4.69) is 25.3 Å². The van der Waals surface area contributed by atoms with Crippen molar-refractivity contribution in [2.24, 2.45) is 0 Å². The van der Waals surface area contributed by atoms with Crippen molar-refractivity contribution in [2.75, 3.05) is 31.6 Å². The van der Waals surface area contributed by atoms with Crippen molar-refractivity contribution in [1.82, 2.24) is 34.3 Å². The van der Waals surface area contributed by atoms with Crippen molar-refractivity contribution in [3.63, 3.8) is 0 Å². The van der Waals surface area contributed by atoms with Gasteiger partial charge in [0, 0.05) is 19.2 Å². The van der Waals surface area contributed by atoms with Gasteiger partial charge in [0.15, 0.2) is 0 Å². The van der Waals surface area contributed by atoms with E-state index in [0.29, 0.717) is 40.8 Å². The summed E-state index contributed by atoms with van der Waals surface area (Å²) in [5, 5.41) is 12.5. The molecule has 5 aromatic heterocycles. The summed E-state index contributed by atoms with van der Waals surface area (Å²) in [6, 6.07) is 1.74. The molecule has 2 aliphatic heterocycles. The number of pyridine rings is 2. The molecule has 1 amide bonds. The molecule has 0 atom stereocenters. The Bertz CT molecular complexity index is 1690. The molecule has 184 valence electrons. The van der Waals surface area contributed by atoms with Crippen LogP contribution >= 0.6 is 11.3 Å². The number of amides is 1. The first-order valence-electron chi connectivity index (χ1n) is 12.2. The molecule has 2 aliphatic rings. The average Bonchev–Trinajstić information content (AvgIpc) is 3.57. The van der Waals surface area contributed by atoms with Crippen LogP contribution in [-0.4, -0.2) is 66.4 Å². The first-order valence-corrected chi connectivity index (χ1v) is 13.0. The summed E-state index contributed by atoms with van der Waals surface area (Å²) in [6.45, 7) is 3.76. The topological polar surface area (TPSA) is 122 Å². The monoisotopic (exact) mass is 504 g/mol. The van der Waals surface area contributed by atoms with Gasteiger partial charge in [-0.25, -0.2) is 9.20 Å².